The van der Waals surface area contributed by atoms with Crippen LogP contribution in [0.2, 0.25) is 5.02 Å². The van der Waals surface area contributed by atoms with E-state index in [1.54, 1.807) is 16.8 Å². The Morgan fingerprint density at radius 2 is 1.79 bits per heavy atom. The van der Waals surface area contributed by atoms with E-state index in [2.05, 4.69) is 23.4 Å². The van der Waals surface area contributed by atoms with Gasteiger partial charge in [0, 0.05) is 24.2 Å². The van der Waals surface area contributed by atoms with Crippen LogP contribution in [0, 0.1) is 11.3 Å². The molecule has 0 aliphatic rings. The van der Waals surface area contributed by atoms with Crippen molar-refractivity contribution in [1.82, 2.24) is 19.7 Å². The molecule has 2 heterocycles. The first kappa shape index (κ1) is 18.9. The Kier molecular flexibility index (Phi) is 5.15. The van der Waals surface area contributed by atoms with E-state index in [9.17, 15) is 0 Å². The zero-order chi connectivity index (χ0) is 20.4. The summed E-state index contributed by atoms with van der Waals surface area (Å²) in [5.74, 6) is 1.33. The Morgan fingerprint density at radius 1 is 1.07 bits per heavy atom. The second-order valence-electron chi connectivity index (χ2n) is 6.69. The molecular formula is C22H19ClN6. The number of halogens is 1. The van der Waals surface area contributed by atoms with Crippen molar-refractivity contribution >= 4 is 28.5 Å². The third-order valence-electron chi connectivity index (χ3n) is 4.74. The van der Waals surface area contributed by atoms with Crippen molar-refractivity contribution in [3.63, 3.8) is 0 Å². The standard InChI is InChI=1S/C22H19ClN6/c1-3-18-19-21(25-13-15-6-10-17(23)11-7-15)26-20(27-22(19)29(2)28-18)16-8-4-14(12-24)5-9-16/h4-11H,3,13H2,1-2H3,(H,25,26,27). The molecule has 144 valence electrons. The molecule has 4 aromatic rings. The first-order chi connectivity index (χ1) is 14.1. The van der Waals surface area contributed by atoms with Gasteiger partial charge in [-0.2, -0.15) is 10.4 Å². The molecule has 0 radical (unpaired) electrons. The van der Waals surface area contributed by atoms with Gasteiger partial charge in [0.15, 0.2) is 11.5 Å². The molecule has 0 saturated heterocycles. The summed E-state index contributed by atoms with van der Waals surface area (Å²) in [4.78, 5) is 9.54. The number of hydrogen-bond donors (Lipinski definition) is 1. The summed E-state index contributed by atoms with van der Waals surface area (Å²) in [6, 6.07) is 17.1. The molecule has 4 rings (SSSR count). The fourth-order valence-corrected chi connectivity index (χ4v) is 3.34. The molecule has 0 spiro atoms. The zero-order valence-corrected chi connectivity index (χ0v) is 16.9. The van der Waals surface area contributed by atoms with Crippen LogP contribution in [-0.2, 0) is 20.0 Å². The molecule has 6 nitrogen and oxygen atoms in total. The quantitative estimate of drug-likeness (QED) is 0.522. The predicted octanol–water partition coefficient (Wildman–Crippen LogP) is 4.73. The van der Waals surface area contributed by atoms with Crippen molar-refractivity contribution in [2.75, 3.05) is 5.32 Å². The van der Waals surface area contributed by atoms with Gasteiger partial charge >= 0.3 is 0 Å². The average Bonchev–Trinajstić information content (AvgIpc) is 3.09. The van der Waals surface area contributed by atoms with Crippen LogP contribution in [0.3, 0.4) is 0 Å². The first-order valence-corrected chi connectivity index (χ1v) is 9.69. The summed E-state index contributed by atoms with van der Waals surface area (Å²) in [5, 5.41) is 18.7. The SMILES string of the molecule is CCc1nn(C)c2nc(-c3ccc(C#N)cc3)nc(NCc3ccc(Cl)cc3)c12. The molecule has 1 N–H and O–H groups in total. The molecule has 0 atom stereocenters. The van der Waals surface area contributed by atoms with Gasteiger partial charge in [0.2, 0.25) is 0 Å². The van der Waals surface area contributed by atoms with Gasteiger partial charge in [0.05, 0.1) is 22.7 Å². The van der Waals surface area contributed by atoms with Crippen molar-refractivity contribution in [3.8, 4) is 17.5 Å². The van der Waals surface area contributed by atoms with E-state index in [0.717, 1.165) is 40.1 Å². The van der Waals surface area contributed by atoms with Crippen LogP contribution in [0.5, 0.6) is 0 Å². The first-order valence-electron chi connectivity index (χ1n) is 9.31. The Bertz CT molecular complexity index is 1200. The molecule has 2 aromatic heterocycles. The smallest absolute Gasteiger partial charge is 0.164 e. The highest BCUT2D eigenvalue weighted by Gasteiger charge is 2.17. The maximum atomic E-state index is 9.04. The lowest BCUT2D eigenvalue weighted by Gasteiger charge is -2.10. The second-order valence-corrected chi connectivity index (χ2v) is 7.12. The van der Waals surface area contributed by atoms with Crippen LogP contribution in [0.4, 0.5) is 5.82 Å². The zero-order valence-electron chi connectivity index (χ0n) is 16.1. The Hall–Kier alpha value is -3.43. The topological polar surface area (TPSA) is 79.4 Å². The Labute approximate surface area is 173 Å². The van der Waals surface area contributed by atoms with Crippen LogP contribution >= 0.6 is 11.6 Å². The van der Waals surface area contributed by atoms with Crippen LogP contribution < -0.4 is 5.32 Å². The number of benzene rings is 2. The highest BCUT2D eigenvalue weighted by Crippen LogP contribution is 2.28. The molecule has 0 saturated carbocycles. The van der Waals surface area contributed by atoms with E-state index in [4.69, 9.17) is 26.8 Å². The van der Waals surface area contributed by atoms with Crippen molar-refractivity contribution in [2.45, 2.75) is 19.9 Å². The maximum Gasteiger partial charge on any atom is 0.164 e. The van der Waals surface area contributed by atoms with Gasteiger partial charge in [-0.1, -0.05) is 30.7 Å². The fourth-order valence-electron chi connectivity index (χ4n) is 3.21. The van der Waals surface area contributed by atoms with E-state index in [1.165, 1.54) is 0 Å². The van der Waals surface area contributed by atoms with Crippen molar-refractivity contribution in [2.24, 2.45) is 7.05 Å². The second kappa shape index (κ2) is 7.90. The minimum atomic E-state index is 0.589. The number of aryl methyl sites for hydroxylation is 2. The number of aromatic nitrogens is 4. The van der Waals surface area contributed by atoms with Crippen LogP contribution in [-0.4, -0.2) is 19.7 Å². The summed E-state index contributed by atoms with van der Waals surface area (Å²) < 4.78 is 1.79. The van der Waals surface area contributed by atoms with Gasteiger partial charge in [-0.3, -0.25) is 0 Å². The summed E-state index contributed by atoms with van der Waals surface area (Å²) in [7, 11) is 1.89. The van der Waals surface area contributed by atoms with Gasteiger partial charge in [-0.25, -0.2) is 14.6 Å². The molecule has 0 amide bonds. The van der Waals surface area contributed by atoms with Crippen LogP contribution in [0.25, 0.3) is 22.4 Å². The minimum absolute atomic E-state index is 0.589. The monoisotopic (exact) mass is 402 g/mol. The molecule has 7 heteroatoms. The van der Waals surface area contributed by atoms with E-state index >= 15 is 0 Å². The largest absolute Gasteiger partial charge is 0.365 e. The van der Waals surface area contributed by atoms with Gasteiger partial charge in [0.1, 0.15) is 5.82 Å². The van der Waals surface area contributed by atoms with Crippen molar-refractivity contribution < 1.29 is 0 Å². The summed E-state index contributed by atoms with van der Waals surface area (Å²) in [5.41, 5.74) is 4.27. The summed E-state index contributed by atoms with van der Waals surface area (Å²) in [6.45, 7) is 2.67. The lowest BCUT2D eigenvalue weighted by molar-refractivity contribution is 0.761. The van der Waals surface area contributed by atoms with Gasteiger partial charge in [-0.05, 0) is 48.4 Å². The van der Waals surface area contributed by atoms with Gasteiger partial charge < -0.3 is 5.32 Å². The molecule has 29 heavy (non-hydrogen) atoms. The number of anilines is 1. The fraction of sp³-hybridized carbons (Fsp3) is 0.182. The highest BCUT2D eigenvalue weighted by molar-refractivity contribution is 6.30. The maximum absolute atomic E-state index is 9.04. The average molecular weight is 403 g/mol. The molecule has 2 aromatic carbocycles. The van der Waals surface area contributed by atoms with E-state index in [1.807, 2.05) is 43.4 Å². The number of nitrogens with zero attached hydrogens (tertiary/aromatic N) is 5. The Morgan fingerprint density at radius 3 is 2.45 bits per heavy atom. The highest BCUT2D eigenvalue weighted by atomic mass is 35.5. The molecule has 0 unspecified atom stereocenters. The van der Waals surface area contributed by atoms with E-state index < -0.39 is 0 Å². The molecule has 0 aliphatic heterocycles. The third kappa shape index (κ3) is 3.78. The summed E-state index contributed by atoms with van der Waals surface area (Å²) >= 11 is 5.99. The molecular weight excluding hydrogens is 384 g/mol. The van der Waals surface area contributed by atoms with Crippen LogP contribution in [0.15, 0.2) is 48.5 Å². The van der Waals surface area contributed by atoms with Crippen LogP contribution in [0.1, 0.15) is 23.7 Å². The van der Waals surface area contributed by atoms with Crippen molar-refractivity contribution in [1.29, 1.82) is 5.26 Å². The number of fused-ring (bicyclic) bond motifs is 1. The third-order valence-corrected chi connectivity index (χ3v) is 4.99. The minimum Gasteiger partial charge on any atom is -0.365 e. The molecule has 0 aliphatic carbocycles. The number of nitrogens with one attached hydrogen (secondary N) is 1. The van der Waals surface area contributed by atoms with E-state index in [-0.39, 0.29) is 0 Å². The predicted molar refractivity (Wildman–Crippen MR) is 115 cm³/mol. The molecule has 0 fully saturated rings. The Balaban J connectivity index is 1.79. The summed E-state index contributed by atoms with van der Waals surface area (Å²) in [6.07, 6.45) is 0.784. The van der Waals surface area contributed by atoms with Gasteiger partial charge in [-0.15, -0.1) is 0 Å². The van der Waals surface area contributed by atoms with Gasteiger partial charge in [0.25, 0.3) is 0 Å². The van der Waals surface area contributed by atoms with E-state index in [0.29, 0.717) is 23.0 Å². The molecule has 0 bridgehead atoms. The normalized spacial score (nSPS) is 10.8. The lowest BCUT2D eigenvalue weighted by Crippen LogP contribution is -2.05. The lowest BCUT2D eigenvalue weighted by atomic mass is 10.1. The van der Waals surface area contributed by atoms with Crippen molar-refractivity contribution in [3.05, 3.63) is 70.4 Å². The number of hydrogen-bond acceptors (Lipinski definition) is 5. The number of rotatable bonds is 5. The number of nitriles is 1.